The number of ether oxygens (including phenoxy) is 1. The lowest BCUT2D eigenvalue weighted by Crippen LogP contribution is -2.38. The van der Waals surface area contributed by atoms with E-state index in [2.05, 4.69) is 29.2 Å². The summed E-state index contributed by atoms with van der Waals surface area (Å²) in [4.78, 5) is 18.2. The standard InChI is InChI=1S/C19H24N2O2/c1-19(2,3)23-18(22)21-11-10-12-8-9-15-16(17(12)21)13-6-4-5-7-14(13)20-15/h4-7,12,17,20H,8-11H2,1-3H3/t12-,17+/m0/s1. The van der Waals surface area contributed by atoms with Crippen LogP contribution >= 0.6 is 0 Å². The van der Waals surface area contributed by atoms with E-state index in [1.807, 2.05) is 25.7 Å². The monoisotopic (exact) mass is 312 g/mol. The largest absolute Gasteiger partial charge is 0.444 e. The highest BCUT2D eigenvalue weighted by molar-refractivity contribution is 5.86. The van der Waals surface area contributed by atoms with Crippen molar-refractivity contribution in [3.63, 3.8) is 0 Å². The number of rotatable bonds is 0. The zero-order valence-electron chi connectivity index (χ0n) is 14.1. The molecule has 1 saturated heterocycles. The third kappa shape index (κ3) is 2.41. The number of nitrogens with one attached hydrogen (secondary N) is 1. The Balaban J connectivity index is 1.75. The minimum absolute atomic E-state index is 0.157. The van der Waals surface area contributed by atoms with Crippen molar-refractivity contribution >= 4 is 17.0 Å². The number of nitrogens with zero attached hydrogens (tertiary/aromatic N) is 1. The van der Waals surface area contributed by atoms with Crippen LogP contribution in [0.25, 0.3) is 10.9 Å². The van der Waals surface area contributed by atoms with E-state index in [1.54, 1.807) is 0 Å². The Hall–Kier alpha value is -1.97. The van der Waals surface area contributed by atoms with E-state index in [4.69, 9.17) is 4.74 Å². The molecule has 0 spiro atoms. The highest BCUT2D eigenvalue weighted by Gasteiger charge is 2.44. The second-order valence-corrected chi connectivity index (χ2v) is 7.77. The van der Waals surface area contributed by atoms with E-state index < -0.39 is 5.60 Å². The Bertz CT molecular complexity index is 756. The molecule has 1 aliphatic carbocycles. The summed E-state index contributed by atoms with van der Waals surface area (Å²) >= 11 is 0. The molecular formula is C19H24N2O2. The number of carbonyl (C=O) groups is 1. The molecule has 23 heavy (non-hydrogen) atoms. The van der Waals surface area contributed by atoms with Gasteiger partial charge in [0.25, 0.3) is 0 Å². The summed E-state index contributed by atoms with van der Waals surface area (Å²) in [5.74, 6) is 0.550. The number of aromatic nitrogens is 1. The molecule has 0 bridgehead atoms. The van der Waals surface area contributed by atoms with Crippen LogP contribution in [0.3, 0.4) is 0 Å². The highest BCUT2D eigenvalue weighted by Crippen LogP contribution is 2.47. The summed E-state index contributed by atoms with van der Waals surface area (Å²) in [6, 6.07) is 8.58. The Kier molecular flexibility index (Phi) is 3.19. The van der Waals surface area contributed by atoms with Gasteiger partial charge in [-0.05, 0) is 52.0 Å². The van der Waals surface area contributed by atoms with Crippen LogP contribution in [-0.4, -0.2) is 28.1 Å². The van der Waals surface area contributed by atoms with Crippen LogP contribution in [0, 0.1) is 5.92 Å². The van der Waals surface area contributed by atoms with Crippen LogP contribution < -0.4 is 0 Å². The van der Waals surface area contributed by atoms with Gasteiger partial charge in [0.2, 0.25) is 0 Å². The molecule has 122 valence electrons. The predicted molar refractivity (Wildman–Crippen MR) is 90.4 cm³/mol. The smallest absolute Gasteiger partial charge is 0.410 e. The van der Waals surface area contributed by atoms with Gasteiger partial charge in [-0.2, -0.15) is 0 Å². The molecular weight excluding hydrogens is 288 g/mol. The van der Waals surface area contributed by atoms with Crippen LogP contribution in [0.5, 0.6) is 0 Å². The molecule has 1 aromatic carbocycles. The van der Waals surface area contributed by atoms with E-state index in [9.17, 15) is 4.79 Å². The third-order valence-corrected chi connectivity index (χ3v) is 5.04. The van der Waals surface area contributed by atoms with Gasteiger partial charge in [0.05, 0.1) is 6.04 Å². The van der Waals surface area contributed by atoms with Crippen molar-refractivity contribution in [1.29, 1.82) is 0 Å². The first-order valence-corrected chi connectivity index (χ1v) is 8.53. The fraction of sp³-hybridized carbons (Fsp3) is 0.526. The number of aromatic amines is 1. The number of amides is 1. The number of aryl methyl sites for hydroxylation is 1. The minimum Gasteiger partial charge on any atom is -0.444 e. The number of carbonyl (C=O) groups excluding carboxylic acids is 1. The Morgan fingerprint density at radius 2 is 2.04 bits per heavy atom. The Morgan fingerprint density at radius 3 is 2.83 bits per heavy atom. The molecule has 1 aromatic heterocycles. The zero-order chi connectivity index (χ0) is 16.2. The van der Waals surface area contributed by atoms with Gasteiger partial charge in [-0.25, -0.2) is 4.79 Å². The van der Waals surface area contributed by atoms with Crippen LogP contribution in [0.1, 0.15) is 50.9 Å². The van der Waals surface area contributed by atoms with Crippen molar-refractivity contribution in [2.75, 3.05) is 6.54 Å². The van der Waals surface area contributed by atoms with Gasteiger partial charge >= 0.3 is 6.09 Å². The maximum absolute atomic E-state index is 12.7. The first-order chi connectivity index (χ1) is 10.9. The molecule has 0 unspecified atom stereocenters. The van der Waals surface area contributed by atoms with Gasteiger partial charge in [0.15, 0.2) is 0 Å². The van der Waals surface area contributed by atoms with Gasteiger partial charge in [0.1, 0.15) is 5.60 Å². The molecule has 4 nitrogen and oxygen atoms in total. The molecule has 1 aliphatic heterocycles. The van der Waals surface area contributed by atoms with Crippen LogP contribution in [0.15, 0.2) is 24.3 Å². The topological polar surface area (TPSA) is 45.3 Å². The molecule has 2 aliphatic rings. The summed E-state index contributed by atoms with van der Waals surface area (Å²) < 4.78 is 5.65. The van der Waals surface area contributed by atoms with Crippen LogP contribution in [0.4, 0.5) is 4.79 Å². The summed E-state index contributed by atoms with van der Waals surface area (Å²) in [5.41, 5.74) is 3.34. The molecule has 0 saturated carbocycles. The molecule has 0 radical (unpaired) electrons. The summed E-state index contributed by atoms with van der Waals surface area (Å²) in [7, 11) is 0. The SMILES string of the molecule is CC(C)(C)OC(=O)N1CC[C@@H]2CCc3[nH]c4ccccc4c3[C@@H]21. The molecule has 4 rings (SSSR count). The van der Waals surface area contributed by atoms with Crippen molar-refractivity contribution in [1.82, 2.24) is 9.88 Å². The second-order valence-electron chi connectivity index (χ2n) is 7.77. The summed E-state index contributed by atoms with van der Waals surface area (Å²) in [6.07, 6.45) is 3.11. The molecule has 1 N–H and O–H groups in total. The number of hydrogen-bond acceptors (Lipinski definition) is 2. The fourth-order valence-corrected chi connectivity index (χ4v) is 4.16. The van der Waals surface area contributed by atoms with Crippen LogP contribution in [-0.2, 0) is 11.2 Å². The van der Waals surface area contributed by atoms with Gasteiger partial charge in [-0.1, -0.05) is 18.2 Å². The molecule has 2 heterocycles. The first kappa shape index (κ1) is 14.6. The van der Waals surface area contributed by atoms with Crippen molar-refractivity contribution in [2.45, 2.75) is 51.7 Å². The Morgan fingerprint density at radius 1 is 1.26 bits per heavy atom. The third-order valence-electron chi connectivity index (χ3n) is 5.04. The maximum Gasteiger partial charge on any atom is 0.410 e. The van der Waals surface area contributed by atoms with Gasteiger partial charge in [-0.3, -0.25) is 0 Å². The molecule has 4 heteroatoms. The van der Waals surface area contributed by atoms with Crippen LogP contribution in [0.2, 0.25) is 0 Å². The van der Waals surface area contributed by atoms with Gasteiger partial charge < -0.3 is 14.6 Å². The van der Waals surface area contributed by atoms with E-state index in [0.717, 1.165) is 25.8 Å². The van der Waals surface area contributed by atoms with E-state index in [0.29, 0.717) is 5.92 Å². The normalized spacial score (nSPS) is 23.7. The number of para-hydroxylation sites is 1. The average molecular weight is 312 g/mol. The lowest BCUT2D eigenvalue weighted by molar-refractivity contribution is 0.0199. The number of likely N-dealkylation sites (tertiary alicyclic amines) is 1. The van der Waals surface area contributed by atoms with E-state index in [1.165, 1.54) is 22.2 Å². The van der Waals surface area contributed by atoms with Crippen molar-refractivity contribution < 1.29 is 9.53 Å². The zero-order valence-corrected chi connectivity index (χ0v) is 14.1. The molecule has 2 aromatic rings. The van der Waals surface area contributed by atoms with Gasteiger partial charge in [-0.15, -0.1) is 0 Å². The lowest BCUT2D eigenvalue weighted by Gasteiger charge is -2.33. The second kappa shape index (κ2) is 5.02. The number of fused-ring (bicyclic) bond motifs is 5. The minimum atomic E-state index is -0.452. The predicted octanol–water partition coefficient (Wildman–Crippen LogP) is 4.41. The van der Waals surface area contributed by atoms with Crippen molar-refractivity contribution in [3.8, 4) is 0 Å². The quantitative estimate of drug-likeness (QED) is 0.783. The molecule has 2 atom stereocenters. The van der Waals surface area contributed by atoms with Crippen molar-refractivity contribution in [3.05, 3.63) is 35.5 Å². The van der Waals surface area contributed by atoms with E-state index in [-0.39, 0.29) is 12.1 Å². The van der Waals surface area contributed by atoms with Gasteiger partial charge in [0, 0.05) is 28.7 Å². The number of hydrogen-bond donors (Lipinski definition) is 1. The summed E-state index contributed by atoms with van der Waals surface area (Å²) in [5, 5.41) is 1.26. The molecule has 1 fully saturated rings. The van der Waals surface area contributed by atoms with E-state index >= 15 is 0 Å². The first-order valence-electron chi connectivity index (χ1n) is 8.53. The fourth-order valence-electron chi connectivity index (χ4n) is 4.16. The summed E-state index contributed by atoms with van der Waals surface area (Å²) in [6.45, 7) is 6.58. The number of benzene rings is 1. The molecule has 1 amide bonds. The highest BCUT2D eigenvalue weighted by atomic mass is 16.6. The average Bonchev–Trinajstić information content (AvgIpc) is 3.05. The number of H-pyrrole nitrogens is 1. The van der Waals surface area contributed by atoms with Crippen molar-refractivity contribution in [2.24, 2.45) is 5.92 Å². The maximum atomic E-state index is 12.7. The lowest BCUT2D eigenvalue weighted by atomic mass is 9.82. The Labute approximate surface area is 136 Å².